The fourth-order valence-electron chi connectivity index (χ4n) is 1.35. The second-order valence-corrected chi connectivity index (χ2v) is 3.37. The lowest BCUT2D eigenvalue weighted by Crippen LogP contribution is -2.14. The molecule has 16 heavy (non-hydrogen) atoms. The van der Waals surface area contributed by atoms with Gasteiger partial charge in [-0.3, -0.25) is 4.99 Å². The van der Waals surface area contributed by atoms with Crippen molar-refractivity contribution < 1.29 is 9.47 Å². The summed E-state index contributed by atoms with van der Waals surface area (Å²) in [6.07, 6.45) is 8.44. The van der Waals surface area contributed by atoms with Gasteiger partial charge in [0.25, 0.3) is 0 Å². The van der Waals surface area contributed by atoms with Crippen molar-refractivity contribution in [3.63, 3.8) is 0 Å². The van der Waals surface area contributed by atoms with E-state index < -0.39 is 0 Å². The van der Waals surface area contributed by atoms with E-state index in [-0.39, 0.29) is 6.29 Å². The van der Waals surface area contributed by atoms with Crippen LogP contribution in [0.4, 0.5) is 0 Å². The molecule has 3 heteroatoms. The highest BCUT2D eigenvalue weighted by atomic mass is 16.7. The molecule has 0 radical (unpaired) electrons. The van der Waals surface area contributed by atoms with Crippen LogP contribution < -0.4 is 0 Å². The largest absolute Gasteiger partial charge is 0.356 e. The number of hydrogen-bond donors (Lipinski definition) is 0. The second kappa shape index (κ2) is 10.6. The van der Waals surface area contributed by atoms with Gasteiger partial charge in [-0.1, -0.05) is 12.7 Å². The molecular formula is C13H23NO2. The Morgan fingerprint density at radius 2 is 2.25 bits per heavy atom. The van der Waals surface area contributed by atoms with Gasteiger partial charge in [-0.15, -0.1) is 0 Å². The molecule has 0 aliphatic carbocycles. The summed E-state index contributed by atoms with van der Waals surface area (Å²) in [7, 11) is 3.43. The van der Waals surface area contributed by atoms with E-state index in [2.05, 4.69) is 11.6 Å². The predicted octanol–water partition coefficient (Wildman–Crippen LogP) is 2.98. The first-order valence-corrected chi connectivity index (χ1v) is 5.66. The van der Waals surface area contributed by atoms with E-state index in [1.165, 1.54) is 5.57 Å². The van der Waals surface area contributed by atoms with E-state index in [0.29, 0.717) is 6.61 Å². The zero-order valence-corrected chi connectivity index (χ0v) is 10.6. The Kier molecular flexibility index (Phi) is 9.97. The molecule has 0 aromatic carbocycles. The van der Waals surface area contributed by atoms with Gasteiger partial charge >= 0.3 is 0 Å². The number of nitrogens with zero attached hydrogens (tertiary/aromatic N) is 1. The van der Waals surface area contributed by atoms with Gasteiger partial charge in [0.1, 0.15) is 0 Å². The van der Waals surface area contributed by atoms with Gasteiger partial charge in [0.05, 0.1) is 0 Å². The molecule has 0 saturated heterocycles. The van der Waals surface area contributed by atoms with Gasteiger partial charge in [-0.2, -0.15) is 0 Å². The summed E-state index contributed by atoms with van der Waals surface area (Å²) in [5.74, 6) is 0. The maximum atomic E-state index is 5.39. The van der Waals surface area contributed by atoms with E-state index in [9.17, 15) is 0 Å². The smallest absolute Gasteiger partial charge is 0.157 e. The van der Waals surface area contributed by atoms with Crippen LogP contribution in [-0.2, 0) is 9.47 Å². The van der Waals surface area contributed by atoms with Crippen LogP contribution in [0.3, 0.4) is 0 Å². The number of methoxy groups -OCH3 is 1. The van der Waals surface area contributed by atoms with E-state index in [0.717, 1.165) is 19.3 Å². The summed E-state index contributed by atoms with van der Waals surface area (Å²) in [4.78, 5) is 3.91. The first-order valence-electron chi connectivity index (χ1n) is 5.66. The Morgan fingerprint density at radius 3 is 2.75 bits per heavy atom. The Balaban J connectivity index is 3.89. The predicted molar refractivity (Wildman–Crippen MR) is 69.0 cm³/mol. The normalized spacial score (nSPS) is 14.3. The summed E-state index contributed by atoms with van der Waals surface area (Å²) in [5, 5.41) is 0. The van der Waals surface area contributed by atoms with Gasteiger partial charge in [0.15, 0.2) is 6.29 Å². The molecule has 1 unspecified atom stereocenters. The highest BCUT2D eigenvalue weighted by Gasteiger charge is 2.05. The van der Waals surface area contributed by atoms with Crippen molar-refractivity contribution in [2.24, 2.45) is 4.99 Å². The molecule has 0 aliphatic rings. The molecule has 0 bridgehead atoms. The van der Waals surface area contributed by atoms with Crippen LogP contribution in [0.5, 0.6) is 0 Å². The highest BCUT2D eigenvalue weighted by Crippen LogP contribution is 2.11. The first kappa shape index (κ1) is 15.1. The molecule has 0 amide bonds. The van der Waals surface area contributed by atoms with Crippen LogP contribution in [0.2, 0.25) is 0 Å². The van der Waals surface area contributed by atoms with E-state index >= 15 is 0 Å². The fourth-order valence-corrected chi connectivity index (χ4v) is 1.35. The molecule has 0 spiro atoms. The van der Waals surface area contributed by atoms with Crippen LogP contribution >= 0.6 is 0 Å². The maximum Gasteiger partial charge on any atom is 0.157 e. The average Bonchev–Trinajstić information content (AvgIpc) is 2.32. The highest BCUT2D eigenvalue weighted by molar-refractivity contribution is 5.72. The Hall–Kier alpha value is -0.930. The minimum Gasteiger partial charge on any atom is -0.356 e. The fraction of sp³-hybridized carbons (Fsp3) is 0.615. The lowest BCUT2D eigenvalue weighted by atomic mass is 10.1. The number of hydrogen-bond acceptors (Lipinski definition) is 3. The molecule has 0 heterocycles. The van der Waals surface area contributed by atoms with E-state index in [1.54, 1.807) is 20.4 Å². The van der Waals surface area contributed by atoms with Crippen molar-refractivity contribution in [1.29, 1.82) is 0 Å². The average molecular weight is 225 g/mol. The van der Waals surface area contributed by atoms with E-state index in [4.69, 9.17) is 9.47 Å². The van der Waals surface area contributed by atoms with Crippen molar-refractivity contribution in [2.45, 2.75) is 32.5 Å². The summed E-state index contributed by atoms with van der Waals surface area (Å²) >= 11 is 0. The minimum absolute atomic E-state index is 0.0871. The van der Waals surface area contributed by atoms with Crippen molar-refractivity contribution in [3.05, 3.63) is 24.3 Å². The Bertz CT molecular complexity index is 234. The van der Waals surface area contributed by atoms with Crippen LogP contribution in [0, 0.1) is 0 Å². The zero-order chi connectivity index (χ0) is 12.2. The number of rotatable bonds is 9. The van der Waals surface area contributed by atoms with Crippen molar-refractivity contribution in [3.8, 4) is 0 Å². The Labute approximate surface area is 98.9 Å². The standard InChI is InChI=1S/C13H23NO2/c1-5-12(10-11-14-3)8-7-9-13(15-4)16-6-2/h5,10-11,13H,1,6-9H2,2-4H3/b12-10+,14-11?. The molecule has 0 fully saturated rings. The summed E-state index contributed by atoms with van der Waals surface area (Å²) in [6, 6.07) is 0. The molecule has 1 atom stereocenters. The summed E-state index contributed by atoms with van der Waals surface area (Å²) in [6.45, 7) is 6.43. The molecule has 3 nitrogen and oxygen atoms in total. The van der Waals surface area contributed by atoms with Gasteiger partial charge < -0.3 is 9.47 Å². The van der Waals surface area contributed by atoms with Crippen LogP contribution in [0.1, 0.15) is 26.2 Å². The Morgan fingerprint density at radius 1 is 1.50 bits per heavy atom. The SMILES string of the molecule is C=C/C(=C\C=NC)CCCC(OC)OCC. The minimum atomic E-state index is -0.0871. The summed E-state index contributed by atoms with van der Waals surface area (Å²) < 4.78 is 10.6. The number of ether oxygens (including phenoxy) is 2. The first-order chi connectivity index (χ1) is 7.78. The van der Waals surface area contributed by atoms with Crippen molar-refractivity contribution >= 4 is 6.21 Å². The van der Waals surface area contributed by atoms with Crippen LogP contribution in [0.25, 0.3) is 0 Å². The third kappa shape index (κ3) is 7.37. The lowest BCUT2D eigenvalue weighted by Gasteiger charge is -2.14. The zero-order valence-electron chi connectivity index (χ0n) is 10.6. The van der Waals surface area contributed by atoms with Gasteiger partial charge in [-0.25, -0.2) is 0 Å². The van der Waals surface area contributed by atoms with Crippen molar-refractivity contribution in [1.82, 2.24) is 0 Å². The van der Waals surface area contributed by atoms with Gasteiger partial charge in [-0.05, 0) is 37.8 Å². The lowest BCUT2D eigenvalue weighted by molar-refractivity contribution is -0.124. The molecule has 0 rings (SSSR count). The third-order valence-corrected chi connectivity index (χ3v) is 2.22. The molecule has 0 aromatic rings. The van der Waals surface area contributed by atoms with Crippen molar-refractivity contribution in [2.75, 3.05) is 20.8 Å². The molecule has 0 saturated carbocycles. The molecule has 0 aromatic heterocycles. The number of allylic oxidation sites excluding steroid dienone is 3. The number of aliphatic imine (C=N–C) groups is 1. The van der Waals surface area contributed by atoms with Gasteiger partial charge in [0, 0.05) is 27.0 Å². The maximum absolute atomic E-state index is 5.39. The third-order valence-electron chi connectivity index (χ3n) is 2.22. The second-order valence-electron chi connectivity index (χ2n) is 3.37. The molecule has 92 valence electrons. The van der Waals surface area contributed by atoms with Crippen LogP contribution in [-0.4, -0.2) is 33.3 Å². The monoisotopic (exact) mass is 225 g/mol. The van der Waals surface area contributed by atoms with Crippen LogP contribution in [0.15, 0.2) is 29.3 Å². The van der Waals surface area contributed by atoms with E-state index in [1.807, 2.05) is 19.1 Å². The van der Waals surface area contributed by atoms with Gasteiger partial charge in [0.2, 0.25) is 0 Å². The topological polar surface area (TPSA) is 30.8 Å². The molecule has 0 aliphatic heterocycles. The quantitative estimate of drug-likeness (QED) is 0.343. The molecular weight excluding hydrogens is 202 g/mol. The summed E-state index contributed by atoms with van der Waals surface area (Å²) in [5.41, 5.74) is 1.19. The molecule has 0 N–H and O–H groups in total.